The van der Waals surface area contributed by atoms with Gasteiger partial charge in [-0.25, -0.2) is 0 Å². The summed E-state index contributed by atoms with van der Waals surface area (Å²) in [5, 5.41) is 0. The number of nitrogens with two attached hydrogens (primary N) is 1. The molecular weight excluding hydrogens is 393 g/mol. The number of fused-ring (bicyclic) bond motifs is 1. The topological polar surface area (TPSA) is 29.3 Å². The van der Waals surface area contributed by atoms with Crippen LogP contribution in [0, 0.1) is 0 Å². The van der Waals surface area contributed by atoms with E-state index in [0.717, 1.165) is 22.1 Å². The molecule has 6 heteroatoms. The molecule has 0 aliphatic carbocycles. The van der Waals surface area contributed by atoms with Gasteiger partial charge in [0.15, 0.2) is 0 Å². The maximum atomic E-state index is 12.6. The van der Waals surface area contributed by atoms with Gasteiger partial charge in [0.1, 0.15) is 6.04 Å². The Labute approximate surface area is 155 Å². The summed E-state index contributed by atoms with van der Waals surface area (Å²) in [7, 11) is 0. The summed E-state index contributed by atoms with van der Waals surface area (Å²) in [6.45, 7) is 2.38. The van der Waals surface area contributed by atoms with Crippen LogP contribution in [0.1, 0.15) is 18.1 Å². The van der Waals surface area contributed by atoms with Crippen LogP contribution in [0.3, 0.4) is 0 Å². The quantitative estimate of drug-likeness (QED) is 0.769. The number of halogens is 4. The Morgan fingerprint density at radius 3 is 2.40 bits per heavy atom. The number of nitrogens with zero attached hydrogens (tertiary/aromatic N) is 1. The Morgan fingerprint density at radius 1 is 1.12 bits per heavy atom. The summed E-state index contributed by atoms with van der Waals surface area (Å²) < 4.78 is 38.8. The summed E-state index contributed by atoms with van der Waals surface area (Å²) >= 11 is 3.44. The van der Waals surface area contributed by atoms with Crippen molar-refractivity contribution in [2.24, 2.45) is 5.73 Å². The first kappa shape index (κ1) is 19.8. The molecule has 136 valence electrons. The average Bonchev–Trinajstić information content (AvgIpc) is 3.00. The van der Waals surface area contributed by atoms with Crippen LogP contribution in [-0.4, -0.2) is 25.3 Å². The molecule has 1 aliphatic rings. The molecule has 3 rings (SSSR count). The van der Waals surface area contributed by atoms with E-state index >= 15 is 0 Å². The van der Waals surface area contributed by atoms with Crippen molar-refractivity contribution in [3.63, 3.8) is 0 Å². The lowest BCUT2D eigenvalue weighted by molar-refractivity contribution is -0.144. The minimum absolute atomic E-state index is 0.458. The molecule has 2 nitrogen and oxygen atoms in total. The van der Waals surface area contributed by atoms with E-state index < -0.39 is 12.2 Å². The molecular formula is C19H22BrF3N2. The fourth-order valence-electron chi connectivity index (χ4n) is 2.80. The number of rotatable bonds is 3. The fourth-order valence-corrected chi connectivity index (χ4v) is 3.28. The highest BCUT2D eigenvalue weighted by atomic mass is 79.9. The van der Waals surface area contributed by atoms with Gasteiger partial charge in [0.2, 0.25) is 0 Å². The van der Waals surface area contributed by atoms with E-state index in [1.807, 2.05) is 30.3 Å². The maximum absolute atomic E-state index is 12.6. The van der Waals surface area contributed by atoms with E-state index in [2.05, 4.69) is 22.0 Å². The van der Waals surface area contributed by atoms with Crippen molar-refractivity contribution in [3.8, 4) is 0 Å². The van der Waals surface area contributed by atoms with Crippen LogP contribution in [0.15, 0.2) is 53.0 Å². The van der Waals surface area contributed by atoms with Gasteiger partial charge in [-0.3, -0.25) is 0 Å². The number of hydrogen-bond acceptors (Lipinski definition) is 2. The van der Waals surface area contributed by atoms with Gasteiger partial charge in [-0.2, -0.15) is 13.2 Å². The zero-order valence-corrected chi connectivity index (χ0v) is 15.6. The third-order valence-electron chi connectivity index (χ3n) is 4.24. The smallest absolute Gasteiger partial charge is 0.359 e. The van der Waals surface area contributed by atoms with Crippen molar-refractivity contribution in [2.45, 2.75) is 32.0 Å². The van der Waals surface area contributed by atoms with Crippen molar-refractivity contribution >= 4 is 21.6 Å². The van der Waals surface area contributed by atoms with Crippen LogP contribution in [0.2, 0.25) is 0 Å². The molecule has 1 atom stereocenters. The number of anilines is 1. The normalized spacial score (nSPS) is 14.6. The second-order valence-corrected chi connectivity index (χ2v) is 6.77. The van der Waals surface area contributed by atoms with E-state index in [9.17, 15) is 13.2 Å². The molecule has 2 aromatic carbocycles. The lowest BCUT2D eigenvalue weighted by Crippen LogP contribution is -2.42. The summed E-state index contributed by atoms with van der Waals surface area (Å²) in [6.07, 6.45) is -2.50. The molecule has 0 aromatic heterocycles. The summed E-state index contributed by atoms with van der Waals surface area (Å²) in [5.41, 5.74) is 8.42. The standard InChI is InChI=1S/C11H12F3N.C8H10BrN/c1-8(11(12,13)14)15-7-6-9-4-2-3-5-10(9)15;9-8-4-2-1-3-7(8)5-6-10/h2-5,8H,6-7H2,1H3;1-4H,5-6,10H2. The highest BCUT2D eigenvalue weighted by Gasteiger charge is 2.41. The summed E-state index contributed by atoms with van der Waals surface area (Å²) in [4.78, 5) is 1.43. The molecule has 1 heterocycles. The second-order valence-electron chi connectivity index (χ2n) is 5.92. The van der Waals surface area contributed by atoms with Gasteiger partial charge in [-0.1, -0.05) is 52.3 Å². The first-order valence-corrected chi connectivity index (χ1v) is 8.98. The van der Waals surface area contributed by atoms with E-state index in [1.165, 1.54) is 17.4 Å². The van der Waals surface area contributed by atoms with Crippen molar-refractivity contribution < 1.29 is 13.2 Å². The SMILES string of the molecule is CC(N1CCc2ccccc21)C(F)(F)F.NCCc1ccccc1Br. The lowest BCUT2D eigenvalue weighted by atomic mass is 10.2. The molecule has 0 fully saturated rings. The third-order valence-corrected chi connectivity index (χ3v) is 5.01. The summed E-state index contributed by atoms with van der Waals surface area (Å²) in [5.74, 6) is 0. The molecule has 1 unspecified atom stereocenters. The van der Waals surface area contributed by atoms with Gasteiger partial charge in [0.05, 0.1) is 0 Å². The summed E-state index contributed by atoms with van der Waals surface area (Å²) in [6, 6.07) is 14.0. The number of alkyl halides is 3. The van der Waals surface area contributed by atoms with E-state index in [1.54, 1.807) is 12.1 Å². The van der Waals surface area contributed by atoms with Gasteiger partial charge in [-0.15, -0.1) is 0 Å². The van der Waals surface area contributed by atoms with Crippen LogP contribution in [0.4, 0.5) is 18.9 Å². The lowest BCUT2D eigenvalue weighted by Gasteiger charge is -2.28. The van der Waals surface area contributed by atoms with Crippen LogP contribution in [0.25, 0.3) is 0 Å². The second kappa shape index (κ2) is 8.72. The molecule has 2 N–H and O–H groups in total. The third kappa shape index (κ3) is 5.22. The zero-order chi connectivity index (χ0) is 18.4. The Bertz CT molecular complexity index is 688. The Hall–Kier alpha value is -1.53. The minimum atomic E-state index is -4.16. The van der Waals surface area contributed by atoms with Crippen LogP contribution in [-0.2, 0) is 12.8 Å². The van der Waals surface area contributed by atoms with E-state index in [-0.39, 0.29) is 0 Å². The van der Waals surface area contributed by atoms with Gasteiger partial charge in [0, 0.05) is 16.7 Å². The average molecular weight is 415 g/mol. The van der Waals surface area contributed by atoms with Gasteiger partial charge >= 0.3 is 6.18 Å². The van der Waals surface area contributed by atoms with E-state index in [0.29, 0.717) is 19.5 Å². The largest absolute Gasteiger partial charge is 0.408 e. The Morgan fingerprint density at radius 2 is 1.76 bits per heavy atom. The van der Waals surface area contributed by atoms with Crippen molar-refractivity contribution in [1.82, 2.24) is 0 Å². The van der Waals surface area contributed by atoms with Crippen molar-refractivity contribution in [3.05, 3.63) is 64.1 Å². The number of para-hydroxylation sites is 1. The van der Waals surface area contributed by atoms with Crippen LogP contribution < -0.4 is 10.6 Å². The molecule has 0 saturated carbocycles. The van der Waals surface area contributed by atoms with Crippen LogP contribution in [0.5, 0.6) is 0 Å². The highest BCUT2D eigenvalue weighted by Crippen LogP contribution is 2.34. The van der Waals surface area contributed by atoms with Crippen LogP contribution >= 0.6 is 15.9 Å². The van der Waals surface area contributed by atoms with E-state index in [4.69, 9.17) is 5.73 Å². The van der Waals surface area contributed by atoms with Gasteiger partial charge in [-0.05, 0) is 49.6 Å². The Kier molecular flexibility index (Phi) is 6.90. The zero-order valence-electron chi connectivity index (χ0n) is 14.1. The fraction of sp³-hybridized carbons (Fsp3) is 0.368. The highest BCUT2D eigenvalue weighted by molar-refractivity contribution is 9.10. The predicted octanol–water partition coefficient (Wildman–Crippen LogP) is 4.95. The number of hydrogen-bond donors (Lipinski definition) is 1. The minimum Gasteiger partial charge on any atom is -0.359 e. The van der Waals surface area contributed by atoms with Crippen molar-refractivity contribution in [1.29, 1.82) is 0 Å². The predicted molar refractivity (Wildman–Crippen MR) is 99.9 cm³/mol. The molecule has 2 aromatic rings. The van der Waals surface area contributed by atoms with Crippen molar-refractivity contribution in [2.75, 3.05) is 18.0 Å². The Balaban J connectivity index is 0.000000196. The molecule has 0 spiro atoms. The molecule has 1 aliphatic heterocycles. The first-order chi connectivity index (χ1) is 11.8. The van der Waals surface area contributed by atoms with Gasteiger partial charge in [0.25, 0.3) is 0 Å². The maximum Gasteiger partial charge on any atom is 0.408 e. The first-order valence-electron chi connectivity index (χ1n) is 8.19. The molecule has 25 heavy (non-hydrogen) atoms. The molecule has 0 amide bonds. The monoisotopic (exact) mass is 414 g/mol. The molecule has 0 saturated heterocycles. The number of benzene rings is 2. The molecule has 0 bridgehead atoms. The molecule has 0 radical (unpaired) electrons. The van der Waals surface area contributed by atoms with Gasteiger partial charge < -0.3 is 10.6 Å².